The Morgan fingerprint density at radius 1 is 1.44 bits per heavy atom. The lowest BCUT2D eigenvalue weighted by Crippen LogP contribution is -2.39. The van der Waals surface area contributed by atoms with Crippen molar-refractivity contribution in [2.75, 3.05) is 32.9 Å². The first-order chi connectivity index (χ1) is 11.9. The summed E-state index contributed by atoms with van der Waals surface area (Å²) in [5.74, 6) is 0.122. The molecule has 0 spiro atoms. The van der Waals surface area contributed by atoms with E-state index in [2.05, 4.69) is 20.7 Å². The van der Waals surface area contributed by atoms with E-state index in [-0.39, 0.29) is 17.7 Å². The number of likely N-dealkylation sites (N-methyl/N-ethyl adjacent to an activating group) is 1. The summed E-state index contributed by atoms with van der Waals surface area (Å²) in [5.41, 5.74) is 0.488. The largest absolute Gasteiger partial charge is 0.350 e. The van der Waals surface area contributed by atoms with Crippen molar-refractivity contribution in [3.05, 3.63) is 46.3 Å². The Morgan fingerprint density at radius 3 is 2.92 bits per heavy atom. The van der Waals surface area contributed by atoms with Gasteiger partial charge in [0.2, 0.25) is 0 Å². The summed E-state index contributed by atoms with van der Waals surface area (Å²) >= 11 is 1.66. The molecule has 0 radical (unpaired) electrons. The Kier molecular flexibility index (Phi) is 5.07. The fraction of sp³-hybridized carbons (Fsp3) is 0.375. The Labute approximate surface area is 151 Å². The molecule has 2 aliphatic rings. The van der Waals surface area contributed by atoms with Crippen molar-refractivity contribution in [1.82, 2.24) is 15.1 Å². The smallest absolute Gasteiger partial charge is 0.256 e. The highest BCUT2D eigenvalue weighted by Gasteiger charge is 2.25. The number of sulfonamides is 1. The average Bonchev–Trinajstić information content (AvgIpc) is 3.07. The maximum absolute atomic E-state index is 12.5. The van der Waals surface area contributed by atoms with E-state index in [1.807, 2.05) is 25.5 Å². The number of nitrogens with one attached hydrogen (secondary N) is 1. The zero-order chi connectivity index (χ0) is 18.0. The van der Waals surface area contributed by atoms with Gasteiger partial charge in [0.15, 0.2) is 0 Å². The van der Waals surface area contributed by atoms with Gasteiger partial charge in [-0.3, -0.25) is 4.79 Å². The van der Waals surface area contributed by atoms with Gasteiger partial charge in [-0.05, 0) is 37.7 Å². The van der Waals surface area contributed by atoms with E-state index >= 15 is 0 Å². The van der Waals surface area contributed by atoms with Crippen molar-refractivity contribution in [3.63, 3.8) is 0 Å². The Hall–Kier alpha value is -1.97. The standard InChI is InChI=1S/C16H20N4O3S2/c1-19(2)13(14-4-3-8-24-14)10-17-16(21)12-5-6-15-18-25(22,23)9-7-20(15)11-12/h3-6,8,11,13H,7,9-10H2,1-2H3,(H,17,21). The molecule has 1 N–H and O–H groups in total. The quantitative estimate of drug-likeness (QED) is 0.823. The van der Waals surface area contributed by atoms with Crippen LogP contribution < -0.4 is 5.32 Å². The molecule has 1 aromatic heterocycles. The summed E-state index contributed by atoms with van der Waals surface area (Å²) in [5, 5.41) is 4.97. The van der Waals surface area contributed by atoms with E-state index < -0.39 is 10.0 Å². The van der Waals surface area contributed by atoms with E-state index in [0.717, 1.165) is 0 Å². The van der Waals surface area contributed by atoms with Crippen LogP contribution in [0.25, 0.3) is 0 Å². The lowest BCUT2D eigenvalue weighted by atomic mass is 10.1. The molecule has 1 atom stereocenters. The lowest BCUT2D eigenvalue weighted by molar-refractivity contribution is -0.117. The van der Waals surface area contributed by atoms with E-state index in [9.17, 15) is 13.2 Å². The second-order valence-corrected chi connectivity index (χ2v) is 8.79. The van der Waals surface area contributed by atoms with Gasteiger partial charge in [-0.1, -0.05) is 6.07 Å². The van der Waals surface area contributed by atoms with Gasteiger partial charge < -0.3 is 15.1 Å². The molecule has 9 heteroatoms. The lowest BCUT2D eigenvalue weighted by Gasteiger charge is -2.27. The SMILES string of the molecule is CN(C)C(CNC(=O)C1=CN2CCS(=O)(=O)N=C2C=C1)c1cccs1. The first-order valence-corrected chi connectivity index (χ1v) is 10.3. The molecule has 0 bridgehead atoms. The molecule has 1 unspecified atom stereocenters. The summed E-state index contributed by atoms with van der Waals surface area (Å²) in [6.45, 7) is 0.796. The molecule has 0 saturated heterocycles. The highest BCUT2D eigenvalue weighted by molar-refractivity contribution is 7.90. The minimum absolute atomic E-state index is 0.0448. The van der Waals surface area contributed by atoms with Crippen molar-refractivity contribution in [1.29, 1.82) is 0 Å². The zero-order valence-corrected chi connectivity index (χ0v) is 15.7. The molecule has 0 saturated carbocycles. The van der Waals surface area contributed by atoms with Crippen LogP contribution in [-0.2, 0) is 14.8 Å². The van der Waals surface area contributed by atoms with Crippen LogP contribution in [0.5, 0.6) is 0 Å². The average molecular weight is 380 g/mol. The van der Waals surface area contributed by atoms with Crippen molar-refractivity contribution in [2.24, 2.45) is 4.40 Å². The summed E-state index contributed by atoms with van der Waals surface area (Å²) in [6, 6.07) is 4.16. The van der Waals surface area contributed by atoms with Gasteiger partial charge in [-0.25, -0.2) is 8.42 Å². The third-order valence-electron chi connectivity index (χ3n) is 4.04. The molecule has 0 fully saturated rings. The second kappa shape index (κ2) is 7.11. The Bertz CT molecular complexity index is 839. The van der Waals surface area contributed by atoms with Crippen LogP contribution in [0.2, 0.25) is 0 Å². The maximum Gasteiger partial charge on any atom is 0.256 e. The molecule has 7 nitrogen and oxygen atoms in total. The molecule has 25 heavy (non-hydrogen) atoms. The molecular weight excluding hydrogens is 360 g/mol. The van der Waals surface area contributed by atoms with Gasteiger partial charge in [0.25, 0.3) is 15.9 Å². The molecule has 3 rings (SSSR count). The van der Waals surface area contributed by atoms with Gasteiger partial charge in [0, 0.05) is 24.2 Å². The molecule has 2 aliphatic heterocycles. The summed E-state index contributed by atoms with van der Waals surface area (Å²) in [4.78, 5) is 17.4. The molecule has 1 aromatic rings. The van der Waals surface area contributed by atoms with Crippen LogP contribution in [0.3, 0.4) is 0 Å². The number of carbonyl (C=O) groups excluding carboxylic acids is 1. The number of nitrogens with zero attached hydrogens (tertiary/aromatic N) is 3. The molecular formula is C16H20N4O3S2. The van der Waals surface area contributed by atoms with Crippen LogP contribution in [0.15, 0.2) is 45.8 Å². The van der Waals surface area contributed by atoms with Gasteiger partial charge in [-0.15, -0.1) is 15.7 Å². The molecule has 134 valence electrons. The monoisotopic (exact) mass is 380 g/mol. The fourth-order valence-electron chi connectivity index (χ4n) is 2.65. The van der Waals surface area contributed by atoms with E-state index in [1.54, 1.807) is 34.6 Å². The van der Waals surface area contributed by atoms with E-state index in [0.29, 0.717) is 24.5 Å². The predicted octanol–water partition coefficient (Wildman–Crippen LogP) is 0.965. The number of carbonyl (C=O) groups is 1. The number of hydrogen-bond acceptors (Lipinski definition) is 6. The van der Waals surface area contributed by atoms with Crippen LogP contribution >= 0.6 is 11.3 Å². The van der Waals surface area contributed by atoms with Crippen LogP contribution in [0.1, 0.15) is 10.9 Å². The Morgan fingerprint density at radius 2 is 2.24 bits per heavy atom. The highest BCUT2D eigenvalue weighted by Crippen LogP contribution is 2.22. The number of amides is 1. The van der Waals surface area contributed by atoms with Gasteiger partial charge in [0.1, 0.15) is 5.84 Å². The van der Waals surface area contributed by atoms with Gasteiger partial charge >= 0.3 is 0 Å². The van der Waals surface area contributed by atoms with Crippen molar-refractivity contribution >= 4 is 33.1 Å². The normalized spacial score (nSPS) is 19.9. The number of hydrogen-bond donors (Lipinski definition) is 1. The summed E-state index contributed by atoms with van der Waals surface area (Å²) in [6.07, 6.45) is 4.81. The molecule has 0 aliphatic carbocycles. The first-order valence-electron chi connectivity index (χ1n) is 7.83. The van der Waals surface area contributed by atoms with Gasteiger partial charge in [-0.2, -0.15) is 0 Å². The molecule has 1 amide bonds. The summed E-state index contributed by atoms with van der Waals surface area (Å²) < 4.78 is 26.8. The fourth-order valence-corrected chi connectivity index (χ4v) is 4.54. The number of fused-ring (bicyclic) bond motifs is 1. The highest BCUT2D eigenvalue weighted by atomic mass is 32.2. The summed E-state index contributed by atoms with van der Waals surface area (Å²) in [7, 11) is 0.573. The number of amidine groups is 1. The minimum Gasteiger partial charge on any atom is -0.350 e. The second-order valence-electron chi connectivity index (χ2n) is 6.05. The van der Waals surface area contributed by atoms with Crippen molar-refractivity contribution in [2.45, 2.75) is 6.04 Å². The Balaban J connectivity index is 1.66. The number of thiophene rings is 1. The maximum atomic E-state index is 12.5. The number of rotatable bonds is 5. The third kappa shape index (κ3) is 4.17. The van der Waals surface area contributed by atoms with Crippen LogP contribution in [0.4, 0.5) is 0 Å². The predicted molar refractivity (Wildman–Crippen MR) is 98.9 cm³/mol. The van der Waals surface area contributed by atoms with Gasteiger partial charge in [0.05, 0.1) is 17.4 Å². The molecule has 3 heterocycles. The molecule has 0 aromatic carbocycles. The topological polar surface area (TPSA) is 82.1 Å². The first kappa shape index (κ1) is 17.8. The minimum atomic E-state index is -3.39. The van der Waals surface area contributed by atoms with E-state index in [1.165, 1.54) is 4.88 Å². The van der Waals surface area contributed by atoms with Crippen LogP contribution in [-0.4, -0.2) is 62.9 Å². The van der Waals surface area contributed by atoms with E-state index in [4.69, 9.17) is 0 Å². The van der Waals surface area contributed by atoms with Crippen molar-refractivity contribution in [3.8, 4) is 0 Å². The third-order valence-corrected chi connectivity index (χ3v) is 6.17. The zero-order valence-electron chi connectivity index (χ0n) is 14.0. The van der Waals surface area contributed by atoms with Crippen LogP contribution in [0, 0.1) is 0 Å². The van der Waals surface area contributed by atoms with Crippen molar-refractivity contribution < 1.29 is 13.2 Å².